The van der Waals surface area contributed by atoms with E-state index in [1.807, 2.05) is 30.3 Å². The minimum absolute atomic E-state index is 0.129. The number of fused-ring (bicyclic) bond motifs is 1. The van der Waals surface area contributed by atoms with E-state index >= 15 is 0 Å². The molecule has 4 aromatic rings. The number of carboxylic acid groups (broad SMARTS) is 1. The lowest BCUT2D eigenvalue weighted by Gasteiger charge is -2.15. The molecule has 7 nitrogen and oxygen atoms in total. The first-order valence-electron chi connectivity index (χ1n) is 12.5. The van der Waals surface area contributed by atoms with E-state index < -0.39 is 17.4 Å². The number of hydrogen-bond acceptors (Lipinski definition) is 4. The number of carboxylic acids is 1. The maximum Gasteiger partial charge on any atom is 0.335 e. The second-order valence-electron chi connectivity index (χ2n) is 9.05. The molecule has 1 amide bonds. The van der Waals surface area contributed by atoms with E-state index in [9.17, 15) is 24.6 Å². The molecule has 0 saturated carbocycles. The summed E-state index contributed by atoms with van der Waals surface area (Å²) < 4.78 is 1.55. The number of nitrogens with one attached hydrogen (secondary N) is 1. The maximum atomic E-state index is 13.4. The third-order valence-electron chi connectivity index (χ3n) is 6.44. The number of pyridine rings is 1. The molecule has 1 heterocycles. The Kier molecular flexibility index (Phi) is 8.03. The number of anilines is 1. The zero-order valence-electron chi connectivity index (χ0n) is 20.7. The Morgan fingerprint density at radius 1 is 0.919 bits per heavy atom. The van der Waals surface area contributed by atoms with Crippen LogP contribution in [0.2, 0.25) is 0 Å². The van der Waals surface area contributed by atoms with Crippen molar-refractivity contribution in [2.45, 2.75) is 45.6 Å². The van der Waals surface area contributed by atoms with Crippen LogP contribution in [0, 0.1) is 0 Å². The number of carbonyl (C=O) groups excluding carboxylic acids is 1. The summed E-state index contributed by atoms with van der Waals surface area (Å²) in [4.78, 5) is 38.5. The van der Waals surface area contributed by atoms with Crippen LogP contribution in [0.15, 0.2) is 77.6 Å². The molecule has 0 bridgehead atoms. The zero-order chi connectivity index (χ0) is 26.4. The SMILES string of the molecule is CCCCCCn1c(=O)c(C(=O)Nc2ccc(C(=O)O)c(Cc3ccccc3)c2)c(O)c2ccccc21. The summed E-state index contributed by atoms with van der Waals surface area (Å²) in [5.41, 5.74) is 1.60. The summed E-state index contributed by atoms with van der Waals surface area (Å²) in [6.07, 6.45) is 4.21. The number of unbranched alkanes of at least 4 members (excludes halogenated alkanes) is 3. The fourth-order valence-corrected chi connectivity index (χ4v) is 4.55. The number of benzene rings is 3. The van der Waals surface area contributed by atoms with Gasteiger partial charge < -0.3 is 20.1 Å². The molecule has 0 spiro atoms. The molecule has 0 aliphatic rings. The highest BCUT2D eigenvalue weighted by Crippen LogP contribution is 2.28. The second-order valence-corrected chi connectivity index (χ2v) is 9.05. The van der Waals surface area contributed by atoms with Crippen molar-refractivity contribution in [2.75, 3.05) is 5.32 Å². The summed E-state index contributed by atoms with van der Waals surface area (Å²) in [5.74, 6) is -2.18. The van der Waals surface area contributed by atoms with Crippen molar-refractivity contribution >= 4 is 28.5 Å². The molecule has 0 aliphatic heterocycles. The third-order valence-corrected chi connectivity index (χ3v) is 6.44. The Balaban J connectivity index is 1.69. The van der Waals surface area contributed by atoms with Crippen LogP contribution in [0.5, 0.6) is 5.75 Å². The number of aromatic nitrogens is 1. The number of aryl methyl sites for hydroxylation is 1. The number of hydrogen-bond donors (Lipinski definition) is 3. The Hall–Kier alpha value is -4.39. The molecule has 0 radical (unpaired) electrons. The zero-order valence-corrected chi connectivity index (χ0v) is 20.7. The van der Waals surface area contributed by atoms with Gasteiger partial charge in [0.1, 0.15) is 11.3 Å². The Morgan fingerprint density at radius 3 is 2.38 bits per heavy atom. The van der Waals surface area contributed by atoms with Gasteiger partial charge in [0.25, 0.3) is 11.5 Å². The van der Waals surface area contributed by atoms with Gasteiger partial charge in [-0.25, -0.2) is 4.79 Å². The standard InChI is InChI=1S/C30H30N2O5/c1-2-3-4-10-17-32-25-14-9-8-13-24(25)27(33)26(29(32)35)28(34)31-22-15-16-23(30(36)37)21(19-22)18-20-11-6-5-7-12-20/h5-9,11-16,19,33H,2-4,10,17-18H2,1H3,(H,31,34)(H,36,37). The van der Waals surface area contributed by atoms with E-state index in [1.165, 1.54) is 12.1 Å². The summed E-state index contributed by atoms with van der Waals surface area (Å²) in [6.45, 7) is 2.55. The van der Waals surface area contributed by atoms with Crippen LogP contribution >= 0.6 is 0 Å². The van der Waals surface area contributed by atoms with Gasteiger partial charge in [-0.15, -0.1) is 0 Å². The maximum absolute atomic E-state index is 13.4. The number of carbonyl (C=O) groups is 2. The molecule has 1 aromatic heterocycles. The fraction of sp³-hybridized carbons (Fsp3) is 0.233. The minimum atomic E-state index is -1.07. The predicted octanol–water partition coefficient (Wildman–Crippen LogP) is 5.83. The van der Waals surface area contributed by atoms with Crippen LogP contribution in [0.1, 0.15) is 64.4 Å². The van der Waals surface area contributed by atoms with Gasteiger partial charge in [0.15, 0.2) is 0 Å². The van der Waals surface area contributed by atoms with E-state index in [-0.39, 0.29) is 16.9 Å². The van der Waals surface area contributed by atoms with Gasteiger partial charge in [0.05, 0.1) is 11.1 Å². The summed E-state index contributed by atoms with van der Waals surface area (Å²) in [6, 6.07) is 20.9. The van der Waals surface area contributed by atoms with Crippen LogP contribution in [0.25, 0.3) is 10.9 Å². The number of rotatable bonds is 10. The molecular weight excluding hydrogens is 468 g/mol. The number of para-hydroxylation sites is 1. The number of aromatic hydroxyl groups is 1. The molecule has 0 aliphatic carbocycles. The molecule has 0 fully saturated rings. The van der Waals surface area contributed by atoms with Gasteiger partial charge >= 0.3 is 5.97 Å². The molecule has 7 heteroatoms. The van der Waals surface area contributed by atoms with E-state index in [2.05, 4.69) is 12.2 Å². The number of nitrogens with zero attached hydrogens (tertiary/aromatic N) is 1. The topological polar surface area (TPSA) is 109 Å². The molecule has 0 atom stereocenters. The van der Waals surface area contributed by atoms with Crippen LogP contribution < -0.4 is 10.9 Å². The van der Waals surface area contributed by atoms with Crippen molar-refractivity contribution in [1.82, 2.24) is 4.57 Å². The monoisotopic (exact) mass is 498 g/mol. The highest BCUT2D eigenvalue weighted by Gasteiger charge is 2.23. The van der Waals surface area contributed by atoms with Gasteiger partial charge in [0.2, 0.25) is 0 Å². The smallest absolute Gasteiger partial charge is 0.335 e. The van der Waals surface area contributed by atoms with E-state index in [0.29, 0.717) is 35.1 Å². The summed E-state index contributed by atoms with van der Waals surface area (Å²) in [7, 11) is 0. The summed E-state index contributed by atoms with van der Waals surface area (Å²) in [5, 5.41) is 23.7. The minimum Gasteiger partial charge on any atom is -0.506 e. The lowest BCUT2D eigenvalue weighted by Crippen LogP contribution is -2.30. The number of aromatic carboxylic acids is 1. The summed E-state index contributed by atoms with van der Waals surface area (Å²) >= 11 is 0. The van der Waals surface area contributed by atoms with Crippen molar-refractivity contribution in [3.05, 3.63) is 105 Å². The van der Waals surface area contributed by atoms with Gasteiger partial charge in [-0.05, 0) is 54.3 Å². The van der Waals surface area contributed by atoms with Gasteiger partial charge in [-0.2, -0.15) is 0 Å². The lowest BCUT2D eigenvalue weighted by molar-refractivity contribution is 0.0695. The van der Waals surface area contributed by atoms with Crippen molar-refractivity contribution in [3.8, 4) is 5.75 Å². The van der Waals surface area contributed by atoms with Crippen LogP contribution in [-0.2, 0) is 13.0 Å². The Labute approximate surface area is 215 Å². The first-order valence-corrected chi connectivity index (χ1v) is 12.5. The normalized spacial score (nSPS) is 10.9. The molecule has 0 unspecified atom stereocenters. The molecule has 37 heavy (non-hydrogen) atoms. The van der Waals surface area contributed by atoms with Crippen LogP contribution in [0.4, 0.5) is 5.69 Å². The van der Waals surface area contributed by atoms with Gasteiger partial charge in [-0.3, -0.25) is 9.59 Å². The molecular formula is C30H30N2O5. The average Bonchev–Trinajstić information content (AvgIpc) is 2.89. The van der Waals surface area contributed by atoms with E-state index in [0.717, 1.165) is 31.2 Å². The highest BCUT2D eigenvalue weighted by molar-refractivity contribution is 6.09. The predicted molar refractivity (Wildman–Crippen MR) is 145 cm³/mol. The van der Waals surface area contributed by atoms with Gasteiger partial charge in [0, 0.05) is 17.6 Å². The second kappa shape index (κ2) is 11.6. The lowest BCUT2D eigenvalue weighted by atomic mass is 9.99. The van der Waals surface area contributed by atoms with Crippen molar-refractivity contribution < 1.29 is 19.8 Å². The Morgan fingerprint density at radius 2 is 1.65 bits per heavy atom. The first kappa shape index (κ1) is 25.7. The molecule has 3 aromatic carbocycles. The van der Waals surface area contributed by atoms with Crippen LogP contribution in [0.3, 0.4) is 0 Å². The van der Waals surface area contributed by atoms with E-state index in [4.69, 9.17) is 0 Å². The Bertz CT molecular complexity index is 1490. The average molecular weight is 499 g/mol. The van der Waals surface area contributed by atoms with Crippen molar-refractivity contribution in [1.29, 1.82) is 0 Å². The molecule has 4 rings (SSSR count). The molecule has 190 valence electrons. The molecule has 3 N–H and O–H groups in total. The molecule has 0 saturated heterocycles. The highest BCUT2D eigenvalue weighted by atomic mass is 16.4. The van der Waals surface area contributed by atoms with Crippen molar-refractivity contribution in [3.63, 3.8) is 0 Å². The quantitative estimate of drug-likeness (QED) is 0.239. The fourth-order valence-electron chi connectivity index (χ4n) is 4.55. The van der Waals surface area contributed by atoms with Crippen molar-refractivity contribution in [2.24, 2.45) is 0 Å². The van der Waals surface area contributed by atoms with Gasteiger partial charge in [-0.1, -0.05) is 68.7 Å². The first-order chi connectivity index (χ1) is 17.9. The number of amides is 1. The van der Waals surface area contributed by atoms with E-state index in [1.54, 1.807) is 34.9 Å². The van der Waals surface area contributed by atoms with Crippen LogP contribution in [-0.4, -0.2) is 26.7 Å². The third kappa shape index (κ3) is 5.72. The largest absolute Gasteiger partial charge is 0.506 e.